The third-order valence-electron chi connectivity index (χ3n) is 2.02. The standard InChI is InChI=1S/C9H17N3O2/c1-2-12-4-3-11-9(12)6-10-5-8(14)7-13/h3-4,8,10,13-14H,2,5-7H2,1H3. The molecule has 0 fully saturated rings. The van der Waals surface area contributed by atoms with E-state index in [1.165, 1.54) is 0 Å². The van der Waals surface area contributed by atoms with E-state index in [1.54, 1.807) is 6.20 Å². The topological polar surface area (TPSA) is 70.3 Å². The summed E-state index contributed by atoms with van der Waals surface area (Å²) in [6.07, 6.45) is 2.97. The molecular weight excluding hydrogens is 182 g/mol. The molecule has 0 spiro atoms. The molecule has 14 heavy (non-hydrogen) atoms. The smallest absolute Gasteiger partial charge is 0.122 e. The largest absolute Gasteiger partial charge is 0.394 e. The fourth-order valence-electron chi connectivity index (χ4n) is 1.21. The second-order valence-electron chi connectivity index (χ2n) is 3.10. The molecule has 1 rings (SSSR count). The van der Waals surface area contributed by atoms with Crippen LogP contribution in [0.25, 0.3) is 0 Å². The van der Waals surface area contributed by atoms with E-state index in [0.717, 1.165) is 12.4 Å². The van der Waals surface area contributed by atoms with Crippen LogP contribution in [-0.2, 0) is 13.1 Å². The van der Waals surface area contributed by atoms with Gasteiger partial charge in [0.1, 0.15) is 5.82 Å². The van der Waals surface area contributed by atoms with Crippen molar-refractivity contribution in [1.82, 2.24) is 14.9 Å². The SMILES string of the molecule is CCn1ccnc1CNCC(O)CO. The molecule has 1 aromatic rings. The molecular formula is C9H17N3O2. The van der Waals surface area contributed by atoms with Crippen molar-refractivity contribution in [1.29, 1.82) is 0 Å². The summed E-state index contributed by atoms with van der Waals surface area (Å²) in [5.74, 6) is 0.942. The Morgan fingerprint density at radius 1 is 1.64 bits per heavy atom. The van der Waals surface area contributed by atoms with Crippen LogP contribution >= 0.6 is 0 Å². The van der Waals surface area contributed by atoms with Crippen LogP contribution in [0.2, 0.25) is 0 Å². The number of aromatic nitrogens is 2. The van der Waals surface area contributed by atoms with Crippen molar-refractivity contribution in [2.45, 2.75) is 26.1 Å². The highest BCUT2D eigenvalue weighted by molar-refractivity contribution is 4.91. The summed E-state index contributed by atoms with van der Waals surface area (Å²) in [4.78, 5) is 4.17. The molecule has 0 aromatic carbocycles. The molecule has 1 unspecified atom stereocenters. The Labute approximate surface area is 83.4 Å². The second-order valence-corrected chi connectivity index (χ2v) is 3.10. The van der Waals surface area contributed by atoms with E-state index < -0.39 is 6.10 Å². The summed E-state index contributed by atoms with van der Waals surface area (Å²) in [5, 5.41) is 20.7. The number of hydrogen-bond acceptors (Lipinski definition) is 4. The Kier molecular flexibility index (Phi) is 4.58. The van der Waals surface area contributed by atoms with Crippen molar-refractivity contribution >= 4 is 0 Å². The lowest BCUT2D eigenvalue weighted by atomic mass is 10.4. The summed E-state index contributed by atoms with van der Waals surface area (Å²) in [5.41, 5.74) is 0. The van der Waals surface area contributed by atoms with Gasteiger partial charge in [-0.3, -0.25) is 0 Å². The van der Waals surface area contributed by atoms with E-state index in [4.69, 9.17) is 10.2 Å². The van der Waals surface area contributed by atoms with Crippen LogP contribution < -0.4 is 5.32 Å². The van der Waals surface area contributed by atoms with Crippen molar-refractivity contribution in [3.05, 3.63) is 18.2 Å². The van der Waals surface area contributed by atoms with Gasteiger partial charge in [-0.15, -0.1) is 0 Å². The minimum Gasteiger partial charge on any atom is -0.394 e. The van der Waals surface area contributed by atoms with Gasteiger partial charge in [0.25, 0.3) is 0 Å². The first-order valence-corrected chi connectivity index (χ1v) is 4.77. The quantitative estimate of drug-likeness (QED) is 0.569. The normalized spacial score (nSPS) is 13.1. The summed E-state index contributed by atoms with van der Waals surface area (Å²) in [7, 11) is 0. The van der Waals surface area contributed by atoms with Gasteiger partial charge in [0.2, 0.25) is 0 Å². The third-order valence-corrected chi connectivity index (χ3v) is 2.02. The molecule has 1 aromatic heterocycles. The molecule has 0 aliphatic carbocycles. The fraction of sp³-hybridized carbons (Fsp3) is 0.667. The molecule has 5 nitrogen and oxygen atoms in total. The zero-order valence-corrected chi connectivity index (χ0v) is 8.35. The molecule has 0 amide bonds. The highest BCUT2D eigenvalue weighted by Gasteiger charge is 2.03. The molecule has 0 bridgehead atoms. The summed E-state index contributed by atoms with van der Waals surface area (Å²) < 4.78 is 2.03. The van der Waals surface area contributed by atoms with Crippen LogP contribution in [0.3, 0.4) is 0 Å². The molecule has 0 saturated carbocycles. The Bertz CT molecular complexity index is 262. The highest BCUT2D eigenvalue weighted by Crippen LogP contribution is 1.96. The Morgan fingerprint density at radius 3 is 3.07 bits per heavy atom. The summed E-state index contributed by atoms with van der Waals surface area (Å²) in [6.45, 7) is 3.72. The van der Waals surface area contributed by atoms with Gasteiger partial charge in [-0.05, 0) is 6.92 Å². The van der Waals surface area contributed by atoms with Crippen LogP contribution in [0.4, 0.5) is 0 Å². The van der Waals surface area contributed by atoms with Crippen molar-refractivity contribution in [3.63, 3.8) is 0 Å². The number of nitrogens with zero attached hydrogens (tertiary/aromatic N) is 2. The minimum atomic E-state index is -0.694. The Morgan fingerprint density at radius 2 is 2.43 bits per heavy atom. The maximum Gasteiger partial charge on any atom is 0.122 e. The average Bonchev–Trinajstić information content (AvgIpc) is 2.65. The van der Waals surface area contributed by atoms with E-state index >= 15 is 0 Å². The van der Waals surface area contributed by atoms with Crippen LogP contribution in [0.15, 0.2) is 12.4 Å². The molecule has 5 heteroatoms. The van der Waals surface area contributed by atoms with Crippen LogP contribution in [0.5, 0.6) is 0 Å². The van der Waals surface area contributed by atoms with Crippen LogP contribution in [0, 0.1) is 0 Å². The average molecular weight is 199 g/mol. The number of aliphatic hydroxyl groups is 2. The maximum atomic E-state index is 9.07. The molecule has 80 valence electrons. The van der Waals surface area contributed by atoms with E-state index in [2.05, 4.69) is 10.3 Å². The van der Waals surface area contributed by atoms with Gasteiger partial charge in [0.15, 0.2) is 0 Å². The van der Waals surface area contributed by atoms with E-state index in [9.17, 15) is 0 Å². The Hall–Kier alpha value is -0.910. The maximum absolute atomic E-state index is 9.07. The van der Waals surface area contributed by atoms with Crippen molar-refractivity contribution < 1.29 is 10.2 Å². The molecule has 0 radical (unpaired) electrons. The molecule has 0 aliphatic rings. The fourth-order valence-corrected chi connectivity index (χ4v) is 1.21. The molecule has 1 atom stereocenters. The zero-order chi connectivity index (χ0) is 10.4. The van der Waals surface area contributed by atoms with E-state index in [1.807, 2.05) is 17.7 Å². The molecule has 1 heterocycles. The van der Waals surface area contributed by atoms with E-state index in [-0.39, 0.29) is 6.61 Å². The van der Waals surface area contributed by atoms with Crippen molar-refractivity contribution in [2.75, 3.05) is 13.2 Å². The minimum absolute atomic E-state index is 0.213. The van der Waals surface area contributed by atoms with Crippen LogP contribution in [-0.4, -0.2) is 39.0 Å². The second kappa shape index (κ2) is 5.74. The van der Waals surface area contributed by atoms with Gasteiger partial charge >= 0.3 is 0 Å². The van der Waals surface area contributed by atoms with Crippen LogP contribution in [0.1, 0.15) is 12.7 Å². The van der Waals surface area contributed by atoms with Gasteiger partial charge in [-0.2, -0.15) is 0 Å². The van der Waals surface area contributed by atoms with Gasteiger partial charge < -0.3 is 20.1 Å². The number of aryl methyl sites for hydroxylation is 1. The van der Waals surface area contributed by atoms with Crippen molar-refractivity contribution in [3.8, 4) is 0 Å². The van der Waals surface area contributed by atoms with Gasteiger partial charge in [-0.1, -0.05) is 0 Å². The predicted molar refractivity (Wildman–Crippen MR) is 52.7 cm³/mol. The summed E-state index contributed by atoms with van der Waals surface area (Å²) in [6, 6.07) is 0. The number of rotatable bonds is 6. The first kappa shape index (κ1) is 11.2. The van der Waals surface area contributed by atoms with Gasteiger partial charge in [-0.25, -0.2) is 4.98 Å². The first-order valence-electron chi connectivity index (χ1n) is 4.77. The highest BCUT2D eigenvalue weighted by atomic mass is 16.3. The van der Waals surface area contributed by atoms with Crippen molar-refractivity contribution in [2.24, 2.45) is 0 Å². The lowest BCUT2D eigenvalue weighted by molar-refractivity contribution is 0.0940. The lowest BCUT2D eigenvalue weighted by Crippen LogP contribution is -2.29. The zero-order valence-electron chi connectivity index (χ0n) is 8.35. The molecule has 3 N–H and O–H groups in total. The third kappa shape index (κ3) is 3.10. The molecule has 0 saturated heterocycles. The summed E-state index contributed by atoms with van der Waals surface area (Å²) >= 11 is 0. The molecule has 0 aliphatic heterocycles. The number of hydrogen-bond donors (Lipinski definition) is 3. The van der Waals surface area contributed by atoms with E-state index in [0.29, 0.717) is 13.1 Å². The Balaban J connectivity index is 2.31. The first-order chi connectivity index (χ1) is 6.77. The monoisotopic (exact) mass is 199 g/mol. The van der Waals surface area contributed by atoms with Gasteiger partial charge in [0, 0.05) is 25.5 Å². The number of nitrogens with one attached hydrogen (secondary N) is 1. The number of aliphatic hydroxyl groups excluding tert-OH is 2. The predicted octanol–water partition coefficient (Wildman–Crippen LogP) is -0.654. The lowest BCUT2D eigenvalue weighted by Gasteiger charge is -2.09. The van der Waals surface area contributed by atoms with Gasteiger partial charge in [0.05, 0.1) is 19.3 Å². The number of imidazole rings is 1.